The first-order valence-electron chi connectivity index (χ1n) is 11.3. The van der Waals surface area contributed by atoms with Crippen LogP contribution in [0, 0.1) is 27.7 Å². The van der Waals surface area contributed by atoms with Crippen molar-refractivity contribution < 1.29 is 19.1 Å². The molecule has 6 nitrogen and oxygen atoms in total. The Kier molecular flexibility index (Phi) is 7.95. The van der Waals surface area contributed by atoms with E-state index in [4.69, 9.17) is 9.47 Å². The zero-order valence-corrected chi connectivity index (χ0v) is 20.6. The van der Waals surface area contributed by atoms with Crippen molar-refractivity contribution in [1.82, 2.24) is 0 Å². The van der Waals surface area contributed by atoms with Crippen LogP contribution in [0.4, 0.5) is 11.4 Å². The van der Waals surface area contributed by atoms with E-state index in [-0.39, 0.29) is 11.8 Å². The summed E-state index contributed by atoms with van der Waals surface area (Å²) in [5.41, 5.74) is 5.31. The predicted molar refractivity (Wildman–Crippen MR) is 136 cm³/mol. The summed E-state index contributed by atoms with van der Waals surface area (Å²) in [4.78, 5) is 25.1. The van der Waals surface area contributed by atoms with Crippen LogP contribution in [0.2, 0.25) is 0 Å². The molecule has 0 heterocycles. The minimum atomic E-state index is -0.664. The van der Waals surface area contributed by atoms with Gasteiger partial charge in [-0.2, -0.15) is 0 Å². The lowest BCUT2D eigenvalue weighted by Crippen LogP contribution is -2.31. The summed E-state index contributed by atoms with van der Waals surface area (Å²) in [6.45, 7) is 11.3. The Labute approximate surface area is 201 Å². The van der Waals surface area contributed by atoms with Gasteiger partial charge >= 0.3 is 0 Å². The molecule has 3 rings (SSSR count). The number of carbonyl (C=O) groups is 2. The fourth-order valence-corrected chi connectivity index (χ4v) is 3.28. The number of amides is 2. The first kappa shape index (κ1) is 24.8. The normalized spacial score (nSPS) is 12.4. The molecule has 0 aliphatic carbocycles. The summed E-state index contributed by atoms with van der Waals surface area (Å²) in [5.74, 6) is 0.872. The van der Waals surface area contributed by atoms with Crippen molar-refractivity contribution in [1.29, 1.82) is 0 Å². The molecule has 0 fully saturated rings. The Hall–Kier alpha value is -3.80. The molecule has 2 amide bonds. The van der Waals surface area contributed by atoms with E-state index in [0.717, 1.165) is 22.3 Å². The van der Waals surface area contributed by atoms with Gasteiger partial charge in [-0.1, -0.05) is 24.3 Å². The lowest BCUT2D eigenvalue weighted by Gasteiger charge is -2.18. The van der Waals surface area contributed by atoms with E-state index < -0.39 is 12.2 Å². The van der Waals surface area contributed by atoms with Crippen molar-refractivity contribution >= 4 is 23.2 Å². The third-order valence-corrected chi connectivity index (χ3v) is 5.45. The molecule has 6 heteroatoms. The molecule has 0 aliphatic rings. The van der Waals surface area contributed by atoms with Crippen molar-refractivity contribution in [3.8, 4) is 11.5 Å². The van der Waals surface area contributed by atoms with Gasteiger partial charge in [-0.05, 0) is 100 Å². The molecule has 2 atom stereocenters. The van der Waals surface area contributed by atoms with Gasteiger partial charge in [-0.3, -0.25) is 9.59 Å². The van der Waals surface area contributed by atoms with Gasteiger partial charge in [0.05, 0.1) is 0 Å². The molecule has 3 aromatic carbocycles. The quantitative estimate of drug-likeness (QED) is 0.450. The summed E-state index contributed by atoms with van der Waals surface area (Å²) in [6.07, 6.45) is -1.33. The lowest BCUT2D eigenvalue weighted by atomic mass is 10.1. The van der Waals surface area contributed by atoms with E-state index in [9.17, 15) is 9.59 Å². The van der Waals surface area contributed by atoms with Crippen LogP contribution in [-0.4, -0.2) is 24.0 Å². The predicted octanol–water partition coefficient (Wildman–Crippen LogP) is 5.73. The molecule has 3 aromatic rings. The van der Waals surface area contributed by atoms with E-state index in [1.807, 2.05) is 64.1 Å². The first-order chi connectivity index (χ1) is 16.1. The van der Waals surface area contributed by atoms with Crippen LogP contribution in [0.25, 0.3) is 0 Å². The minimum absolute atomic E-state index is 0.256. The first-order valence-corrected chi connectivity index (χ1v) is 11.3. The fraction of sp³-hybridized carbons (Fsp3) is 0.286. The van der Waals surface area contributed by atoms with Crippen LogP contribution in [0.15, 0.2) is 60.7 Å². The standard InChI is InChI=1S/C28H32N2O4/c1-17-7-9-19(3)25(15-17)33-21(5)27(31)29-23-11-13-24(14-12-23)30-28(32)22(6)34-26-16-18(2)8-10-20(26)4/h7-16,21-22H,1-6H3,(H,29,31)(H,30,32). The molecule has 0 spiro atoms. The molecule has 0 saturated heterocycles. The zero-order chi connectivity index (χ0) is 24.8. The van der Waals surface area contributed by atoms with E-state index in [1.54, 1.807) is 38.1 Å². The zero-order valence-electron chi connectivity index (χ0n) is 20.6. The number of carbonyl (C=O) groups excluding carboxylic acids is 2. The maximum atomic E-state index is 12.6. The van der Waals surface area contributed by atoms with Crippen LogP contribution in [0.3, 0.4) is 0 Å². The Morgan fingerprint density at radius 3 is 1.32 bits per heavy atom. The summed E-state index contributed by atoms with van der Waals surface area (Å²) in [7, 11) is 0. The number of nitrogens with one attached hydrogen (secondary N) is 2. The third-order valence-electron chi connectivity index (χ3n) is 5.45. The topological polar surface area (TPSA) is 76.7 Å². The molecule has 0 saturated carbocycles. The largest absolute Gasteiger partial charge is 0.481 e. The fourth-order valence-electron chi connectivity index (χ4n) is 3.28. The molecule has 34 heavy (non-hydrogen) atoms. The average molecular weight is 461 g/mol. The molecule has 2 unspecified atom stereocenters. The number of benzene rings is 3. The second-order valence-corrected chi connectivity index (χ2v) is 8.61. The number of aryl methyl sites for hydroxylation is 4. The average Bonchev–Trinajstić information content (AvgIpc) is 2.79. The van der Waals surface area contributed by atoms with Crippen molar-refractivity contribution in [2.45, 2.75) is 53.8 Å². The molecule has 178 valence electrons. The highest BCUT2D eigenvalue weighted by atomic mass is 16.5. The second-order valence-electron chi connectivity index (χ2n) is 8.61. The molecule has 0 aromatic heterocycles. The summed E-state index contributed by atoms with van der Waals surface area (Å²) in [6, 6.07) is 18.7. The Balaban J connectivity index is 1.54. The minimum Gasteiger partial charge on any atom is -0.481 e. The maximum absolute atomic E-state index is 12.6. The third kappa shape index (κ3) is 6.61. The summed E-state index contributed by atoms with van der Waals surface area (Å²) in [5, 5.41) is 5.68. The summed E-state index contributed by atoms with van der Waals surface area (Å²) >= 11 is 0. The van der Waals surface area contributed by atoms with Crippen LogP contribution in [0.5, 0.6) is 11.5 Å². The van der Waals surface area contributed by atoms with Crippen LogP contribution in [-0.2, 0) is 9.59 Å². The Morgan fingerprint density at radius 1 is 0.618 bits per heavy atom. The lowest BCUT2D eigenvalue weighted by molar-refractivity contribution is -0.122. The number of anilines is 2. The number of ether oxygens (including phenoxy) is 2. The monoisotopic (exact) mass is 460 g/mol. The maximum Gasteiger partial charge on any atom is 0.265 e. The molecular weight excluding hydrogens is 428 g/mol. The van der Waals surface area contributed by atoms with Crippen molar-refractivity contribution in [2.75, 3.05) is 10.6 Å². The van der Waals surface area contributed by atoms with Crippen molar-refractivity contribution in [2.24, 2.45) is 0 Å². The van der Waals surface area contributed by atoms with E-state index in [2.05, 4.69) is 10.6 Å². The smallest absolute Gasteiger partial charge is 0.265 e. The van der Waals surface area contributed by atoms with Gasteiger partial charge in [0.2, 0.25) is 0 Å². The molecule has 0 radical (unpaired) electrons. The van der Waals surface area contributed by atoms with E-state index in [1.165, 1.54) is 0 Å². The van der Waals surface area contributed by atoms with Gasteiger partial charge in [0.25, 0.3) is 11.8 Å². The Morgan fingerprint density at radius 2 is 0.971 bits per heavy atom. The highest BCUT2D eigenvalue weighted by Crippen LogP contribution is 2.22. The van der Waals surface area contributed by atoms with Crippen LogP contribution >= 0.6 is 0 Å². The number of hydrogen-bond acceptors (Lipinski definition) is 4. The molecule has 0 aliphatic heterocycles. The van der Waals surface area contributed by atoms with Gasteiger partial charge in [0.15, 0.2) is 12.2 Å². The van der Waals surface area contributed by atoms with Gasteiger partial charge in [0.1, 0.15) is 11.5 Å². The van der Waals surface area contributed by atoms with Crippen molar-refractivity contribution in [3.63, 3.8) is 0 Å². The van der Waals surface area contributed by atoms with Gasteiger partial charge < -0.3 is 20.1 Å². The van der Waals surface area contributed by atoms with E-state index >= 15 is 0 Å². The van der Waals surface area contributed by atoms with Gasteiger partial charge in [0, 0.05) is 11.4 Å². The van der Waals surface area contributed by atoms with Crippen LogP contribution < -0.4 is 20.1 Å². The van der Waals surface area contributed by atoms with E-state index in [0.29, 0.717) is 22.9 Å². The SMILES string of the molecule is Cc1ccc(C)c(OC(C)C(=O)Nc2ccc(NC(=O)C(C)Oc3cc(C)ccc3C)cc2)c1. The molecular formula is C28H32N2O4. The highest BCUT2D eigenvalue weighted by molar-refractivity contribution is 5.96. The van der Waals surface area contributed by atoms with Crippen molar-refractivity contribution in [3.05, 3.63) is 82.9 Å². The van der Waals surface area contributed by atoms with Crippen LogP contribution in [0.1, 0.15) is 36.1 Å². The number of rotatable bonds is 8. The summed E-state index contributed by atoms with van der Waals surface area (Å²) < 4.78 is 11.7. The Bertz CT molecular complexity index is 1080. The molecule has 2 N–H and O–H groups in total. The van der Waals surface area contributed by atoms with Gasteiger partial charge in [-0.25, -0.2) is 0 Å². The highest BCUT2D eigenvalue weighted by Gasteiger charge is 2.18. The molecule has 0 bridgehead atoms. The van der Waals surface area contributed by atoms with Gasteiger partial charge in [-0.15, -0.1) is 0 Å². The second kappa shape index (κ2) is 10.9. The number of hydrogen-bond donors (Lipinski definition) is 2.